The molecule has 0 unspecified atom stereocenters. The summed E-state index contributed by atoms with van der Waals surface area (Å²) in [6.45, 7) is 1.40. The third-order valence-electron chi connectivity index (χ3n) is 3.19. The summed E-state index contributed by atoms with van der Waals surface area (Å²) in [4.78, 5) is 25.7. The van der Waals surface area contributed by atoms with E-state index in [0.717, 1.165) is 43.5 Å². The SMILES string of the molecule is O=C(Cn1ncc(Cl)c(Cl)c1=O)N1CCCCCC1. The van der Waals surface area contributed by atoms with Gasteiger partial charge in [-0.2, -0.15) is 5.10 Å². The van der Waals surface area contributed by atoms with Gasteiger partial charge in [-0.05, 0) is 12.8 Å². The molecule has 5 nitrogen and oxygen atoms in total. The standard InChI is InChI=1S/C12H15Cl2N3O2/c13-9-7-15-17(12(19)11(9)14)8-10(18)16-5-3-1-2-4-6-16/h7H,1-6,8H2. The van der Waals surface area contributed by atoms with Crippen LogP contribution in [0.25, 0.3) is 0 Å². The van der Waals surface area contributed by atoms with E-state index in [4.69, 9.17) is 23.2 Å². The normalized spacial score (nSPS) is 16.2. The largest absolute Gasteiger partial charge is 0.341 e. The molecule has 2 rings (SSSR count). The lowest BCUT2D eigenvalue weighted by Crippen LogP contribution is -2.38. The molecule has 104 valence electrons. The fraction of sp³-hybridized carbons (Fsp3) is 0.583. The van der Waals surface area contributed by atoms with Gasteiger partial charge in [-0.25, -0.2) is 4.68 Å². The monoisotopic (exact) mass is 303 g/mol. The van der Waals surface area contributed by atoms with E-state index in [0.29, 0.717) is 0 Å². The summed E-state index contributed by atoms with van der Waals surface area (Å²) >= 11 is 11.4. The average molecular weight is 304 g/mol. The average Bonchev–Trinajstić information content (AvgIpc) is 2.68. The number of hydrogen-bond donors (Lipinski definition) is 0. The maximum atomic E-state index is 12.1. The Balaban J connectivity index is 2.10. The minimum atomic E-state index is -0.530. The zero-order chi connectivity index (χ0) is 13.8. The molecule has 0 saturated carbocycles. The van der Waals surface area contributed by atoms with Gasteiger partial charge in [0.1, 0.15) is 11.6 Å². The smallest absolute Gasteiger partial charge is 0.287 e. The number of hydrogen-bond acceptors (Lipinski definition) is 3. The maximum Gasteiger partial charge on any atom is 0.287 e. The van der Waals surface area contributed by atoms with Crippen molar-refractivity contribution >= 4 is 29.1 Å². The van der Waals surface area contributed by atoms with Crippen LogP contribution in [0, 0.1) is 0 Å². The molecule has 19 heavy (non-hydrogen) atoms. The van der Waals surface area contributed by atoms with Crippen molar-refractivity contribution in [3.8, 4) is 0 Å². The molecule has 0 radical (unpaired) electrons. The van der Waals surface area contributed by atoms with E-state index in [9.17, 15) is 9.59 Å². The lowest BCUT2D eigenvalue weighted by Gasteiger charge is -2.20. The van der Waals surface area contributed by atoms with Crippen molar-refractivity contribution in [2.24, 2.45) is 0 Å². The van der Waals surface area contributed by atoms with Crippen LogP contribution in [-0.2, 0) is 11.3 Å². The second-order valence-corrected chi connectivity index (χ2v) is 5.35. The number of nitrogens with zero attached hydrogens (tertiary/aromatic N) is 3. The van der Waals surface area contributed by atoms with Crippen LogP contribution >= 0.6 is 23.2 Å². The molecule has 2 heterocycles. The van der Waals surface area contributed by atoms with Gasteiger partial charge in [0.2, 0.25) is 5.91 Å². The Labute approximate surface area is 121 Å². The van der Waals surface area contributed by atoms with Crippen molar-refractivity contribution in [2.75, 3.05) is 13.1 Å². The number of amides is 1. The zero-order valence-electron chi connectivity index (χ0n) is 10.4. The number of rotatable bonds is 2. The topological polar surface area (TPSA) is 55.2 Å². The number of carbonyl (C=O) groups excluding carboxylic acids is 1. The van der Waals surface area contributed by atoms with Crippen LogP contribution in [-0.4, -0.2) is 33.7 Å². The van der Waals surface area contributed by atoms with Crippen LogP contribution in [0.1, 0.15) is 25.7 Å². The van der Waals surface area contributed by atoms with E-state index >= 15 is 0 Å². The number of halogens is 2. The summed E-state index contributed by atoms with van der Waals surface area (Å²) < 4.78 is 1.06. The maximum absolute atomic E-state index is 12.1. The van der Waals surface area contributed by atoms with Crippen LogP contribution in [0.3, 0.4) is 0 Å². The fourth-order valence-electron chi connectivity index (χ4n) is 2.11. The van der Waals surface area contributed by atoms with Crippen LogP contribution in [0.15, 0.2) is 11.0 Å². The van der Waals surface area contributed by atoms with Gasteiger partial charge in [0, 0.05) is 13.1 Å². The molecule has 0 spiro atoms. The molecule has 0 bridgehead atoms. The molecule has 1 aliphatic rings. The molecule has 0 atom stereocenters. The molecule has 0 N–H and O–H groups in total. The molecule has 1 aliphatic heterocycles. The fourth-order valence-corrected chi connectivity index (χ4v) is 2.38. The first-order chi connectivity index (χ1) is 9.09. The van der Waals surface area contributed by atoms with Gasteiger partial charge in [0.15, 0.2) is 0 Å². The number of aromatic nitrogens is 2. The molecular formula is C12H15Cl2N3O2. The van der Waals surface area contributed by atoms with Gasteiger partial charge >= 0.3 is 0 Å². The second kappa shape index (κ2) is 6.39. The molecule has 1 aromatic rings. The van der Waals surface area contributed by atoms with Gasteiger partial charge in [0.25, 0.3) is 5.56 Å². The molecule has 1 amide bonds. The summed E-state index contributed by atoms with van der Waals surface area (Å²) in [5.74, 6) is -0.102. The van der Waals surface area contributed by atoms with Crippen LogP contribution in [0.2, 0.25) is 10.0 Å². The van der Waals surface area contributed by atoms with E-state index in [1.54, 1.807) is 4.90 Å². The highest BCUT2D eigenvalue weighted by molar-refractivity contribution is 6.41. The van der Waals surface area contributed by atoms with Gasteiger partial charge in [-0.3, -0.25) is 9.59 Å². The van der Waals surface area contributed by atoms with Crippen LogP contribution < -0.4 is 5.56 Å². The predicted molar refractivity (Wildman–Crippen MR) is 73.6 cm³/mol. The lowest BCUT2D eigenvalue weighted by atomic mass is 10.2. The molecule has 0 aromatic carbocycles. The minimum Gasteiger partial charge on any atom is -0.341 e. The Morgan fingerprint density at radius 1 is 1.21 bits per heavy atom. The summed E-state index contributed by atoms with van der Waals surface area (Å²) in [6.07, 6.45) is 5.59. The zero-order valence-corrected chi connectivity index (χ0v) is 12.0. The molecule has 7 heteroatoms. The van der Waals surface area contributed by atoms with Gasteiger partial charge in [-0.15, -0.1) is 0 Å². The van der Waals surface area contributed by atoms with Gasteiger partial charge in [-0.1, -0.05) is 36.0 Å². The summed E-state index contributed by atoms with van der Waals surface area (Å²) in [5, 5.41) is 3.84. The van der Waals surface area contributed by atoms with Crippen molar-refractivity contribution in [1.29, 1.82) is 0 Å². The lowest BCUT2D eigenvalue weighted by molar-refractivity contribution is -0.132. The highest BCUT2D eigenvalue weighted by Crippen LogP contribution is 2.15. The van der Waals surface area contributed by atoms with E-state index in [2.05, 4.69) is 5.10 Å². The van der Waals surface area contributed by atoms with Crippen LogP contribution in [0.5, 0.6) is 0 Å². The Morgan fingerprint density at radius 2 is 1.84 bits per heavy atom. The van der Waals surface area contributed by atoms with Crippen molar-refractivity contribution in [3.63, 3.8) is 0 Å². The van der Waals surface area contributed by atoms with E-state index in [-0.39, 0.29) is 22.5 Å². The molecule has 1 fully saturated rings. The highest BCUT2D eigenvalue weighted by atomic mass is 35.5. The third-order valence-corrected chi connectivity index (χ3v) is 3.93. The summed E-state index contributed by atoms with van der Waals surface area (Å²) in [7, 11) is 0. The molecule has 0 aliphatic carbocycles. The Bertz CT molecular complexity index is 522. The molecule has 1 saturated heterocycles. The first kappa shape index (κ1) is 14.3. The third kappa shape index (κ3) is 3.48. The Morgan fingerprint density at radius 3 is 2.47 bits per heavy atom. The predicted octanol–water partition coefficient (Wildman–Crippen LogP) is 1.95. The molecular weight excluding hydrogens is 289 g/mol. The number of carbonyl (C=O) groups is 1. The van der Waals surface area contributed by atoms with Crippen LogP contribution in [0.4, 0.5) is 0 Å². The molecule has 1 aromatic heterocycles. The van der Waals surface area contributed by atoms with E-state index in [1.807, 2.05) is 0 Å². The second-order valence-electron chi connectivity index (χ2n) is 4.56. The first-order valence-corrected chi connectivity index (χ1v) is 7.04. The summed E-state index contributed by atoms with van der Waals surface area (Å²) in [5.41, 5.74) is -0.530. The number of likely N-dealkylation sites (tertiary alicyclic amines) is 1. The van der Waals surface area contributed by atoms with Crippen molar-refractivity contribution in [3.05, 3.63) is 26.6 Å². The van der Waals surface area contributed by atoms with Crippen molar-refractivity contribution in [1.82, 2.24) is 14.7 Å². The minimum absolute atomic E-state index is 0.0876. The highest BCUT2D eigenvalue weighted by Gasteiger charge is 2.17. The Kier molecular flexibility index (Phi) is 4.82. The van der Waals surface area contributed by atoms with Crippen molar-refractivity contribution in [2.45, 2.75) is 32.2 Å². The van der Waals surface area contributed by atoms with Crippen molar-refractivity contribution < 1.29 is 4.79 Å². The quantitative estimate of drug-likeness (QED) is 0.839. The summed E-state index contributed by atoms with van der Waals surface area (Å²) in [6, 6.07) is 0. The van der Waals surface area contributed by atoms with E-state index < -0.39 is 5.56 Å². The van der Waals surface area contributed by atoms with E-state index in [1.165, 1.54) is 6.20 Å². The van der Waals surface area contributed by atoms with Gasteiger partial charge in [0.05, 0.1) is 11.2 Å². The Hall–Kier alpha value is -1.07. The first-order valence-electron chi connectivity index (χ1n) is 6.28. The van der Waals surface area contributed by atoms with Gasteiger partial charge < -0.3 is 4.90 Å².